The molecule has 27 heavy (non-hydrogen) atoms. The molecule has 0 bridgehead atoms. The van der Waals surface area contributed by atoms with Crippen LogP contribution in [0.5, 0.6) is 0 Å². The Bertz CT molecular complexity index is 888. The van der Waals surface area contributed by atoms with E-state index in [0.29, 0.717) is 48.6 Å². The van der Waals surface area contributed by atoms with E-state index in [4.69, 9.17) is 5.73 Å². The van der Waals surface area contributed by atoms with Gasteiger partial charge in [-0.2, -0.15) is 0 Å². The lowest BCUT2D eigenvalue weighted by molar-refractivity contribution is 0.0746. The molecule has 0 radical (unpaired) electrons. The van der Waals surface area contributed by atoms with Crippen molar-refractivity contribution in [2.75, 3.05) is 31.1 Å². The van der Waals surface area contributed by atoms with Crippen molar-refractivity contribution in [3.63, 3.8) is 0 Å². The third-order valence-corrected chi connectivity index (χ3v) is 4.68. The molecule has 6 nitrogen and oxygen atoms in total. The molecular weight excluding hydrogens is 349 g/mol. The van der Waals surface area contributed by atoms with Crippen LogP contribution in [0.3, 0.4) is 0 Å². The normalized spacial score (nSPS) is 14.1. The number of Topliss-reactive ketones (excluding diaryl/α,β-unsaturated/α-hetero) is 1. The number of amides is 2. The van der Waals surface area contributed by atoms with Gasteiger partial charge in [-0.25, -0.2) is 4.39 Å². The lowest BCUT2D eigenvalue weighted by Gasteiger charge is -2.36. The monoisotopic (exact) mass is 369 g/mol. The van der Waals surface area contributed by atoms with Crippen LogP contribution in [0, 0.1) is 5.82 Å². The number of hydrogen-bond donors (Lipinski definition) is 1. The number of nitrogens with two attached hydrogens (primary N) is 1. The van der Waals surface area contributed by atoms with Crippen LogP contribution in [0.4, 0.5) is 10.1 Å². The SMILES string of the molecule is CC(=O)c1ccc(N2CCN(C(=O)c3ccc(C(N)=O)cc3)CC2)c(F)c1. The molecule has 0 unspecified atom stereocenters. The van der Waals surface area contributed by atoms with Crippen molar-refractivity contribution in [2.45, 2.75) is 6.92 Å². The van der Waals surface area contributed by atoms with Crippen molar-refractivity contribution >= 4 is 23.3 Å². The van der Waals surface area contributed by atoms with E-state index >= 15 is 0 Å². The lowest BCUT2D eigenvalue weighted by atomic mass is 10.1. The summed E-state index contributed by atoms with van der Waals surface area (Å²) in [6, 6.07) is 10.7. The number of piperazine rings is 1. The van der Waals surface area contributed by atoms with E-state index in [1.54, 1.807) is 29.2 Å². The number of primary amides is 1. The first-order valence-electron chi connectivity index (χ1n) is 8.61. The van der Waals surface area contributed by atoms with Gasteiger partial charge < -0.3 is 15.5 Å². The molecule has 1 fully saturated rings. The topological polar surface area (TPSA) is 83.7 Å². The highest BCUT2D eigenvalue weighted by atomic mass is 19.1. The second kappa shape index (κ2) is 7.57. The Morgan fingerprint density at radius 3 is 1.96 bits per heavy atom. The van der Waals surface area contributed by atoms with Gasteiger partial charge in [0.05, 0.1) is 5.69 Å². The van der Waals surface area contributed by atoms with Crippen LogP contribution in [0.15, 0.2) is 42.5 Å². The molecule has 0 spiro atoms. The number of nitrogens with zero attached hydrogens (tertiary/aromatic N) is 2. The third-order valence-electron chi connectivity index (χ3n) is 4.68. The van der Waals surface area contributed by atoms with E-state index in [9.17, 15) is 18.8 Å². The van der Waals surface area contributed by atoms with Gasteiger partial charge in [-0.05, 0) is 49.4 Å². The molecule has 0 aromatic heterocycles. The number of halogens is 1. The fourth-order valence-corrected chi connectivity index (χ4v) is 3.09. The van der Waals surface area contributed by atoms with E-state index < -0.39 is 11.7 Å². The summed E-state index contributed by atoms with van der Waals surface area (Å²) in [5.74, 6) is -1.30. The largest absolute Gasteiger partial charge is 0.366 e. The van der Waals surface area contributed by atoms with Crippen molar-refractivity contribution in [1.82, 2.24) is 4.90 Å². The summed E-state index contributed by atoms with van der Waals surface area (Å²) < 4.78 is 14.3. The Morgan fingerprint density at radius 2 is 1.44 bits per heavy atom. The summed E-state index contributed by atoms with van der Waals surface area (Å²) >= 11 is 0. The predicted molar refractivity (Wildman–Crippen MR) is 99.5 cm³/mol. The highest BCUT2D eigenvalue weighted by molar-refractivity contribution is 5.97. The van der Waals surface area contributed by atoms with Crippen LogP contribution < -0.4 is 10.6 Å². The molecule has 2 aromatic carbocycles. The molecular formula is C20H20FN3O3. The average molecular weight is 369 g/mol. The highest BCUT2D eigenvalue weighted by Crippen LogP contribution is 2.23. The van der Waals surface area contributed by atoms with Gasteiger partial charge in [-0.1, -0.05) is 0 Å². The van der Waals surface area contributed by atoms with Crippen LogP contribution in [0.1, 0.15) is 38.0 Å². The maximum atomic E-state index is 14.3. The molecule has 2 N–H and O–H groups in total. The first kappa shape index (κ1) is 18.6. The minimum Gasteiger partial charge on any atom is -0.366 e. The highest BCUT2D eigenvalue weighted by Gasteiger charge is 2.24. The summed E-state index contributed by atoms with van der Waals surface area (Å²) in [6.45, 7) is 3.27. The predicted octanol–water partition coefficient (Wildman–Crippen LogP) is 2.09. The maximum Gasteiger partial charge on any atom is 0.253 e. The second-order valence-corrected chi connectivity index (χ2v) is 6.44. The summed E-state index contributed by atoms with van der Waals surface area (Å²) in [5, 5.41) is 0. The van der Waals surface area contributed by atoms with Gasteiger partial charge >= 0.3 is 0 Å². The fourth-order valence-electron chi connectivity index (χ4n) is 3.09. The van der Waals surface area contributed by atoms with Crippen molar-refractivity contribution in [3.8, 4) is 0 Å². The average Bonchev–Trinajstić information content (AvgIpc) is 2.67. The molecule has 0 saturated carbocycles. The van der Waals surface area contributed by atoms with E-state index in [0.717, 1.165) is 0 Å². The summed E-state index contributed by atoms with van der Waals surface area (Å²) in [5.41, 5.74) is 6.79. The Labute approximate surface area is 156 Å². The summed E-state index contributed by atoms with van der Waals surface area (Å²) in [4.78, 5) is 38.6. The Morgan fingerprint density at radius 1 is 0.889 bits per heavy atom. The molecule has 1 aliphatic rings. The van der Waals surface area contributed by atoms with Crippen LogP contribution >= 0.6 is 0 Å². The number of carbonyl (C=O) groups is 3. The van der Waals surface area contributed by atoms with E-state index in [1.807, 2.05) is 4.90 Å². The van der Waals surface area contributed by atoms with Crippen LogP contribution in [0.2, 0.25) is 0 Å². The summed E-state index contributed by atoms with van der Waals surface area (Å²) in [6.07, 6.45) is 0. The Balaban J connectivity index is 1.65. The standard InChI is InChI=1S/C20H20FN3O3/c1-13(25)16-6-7-18(17(21)12-16)23-8-10-24(11-9-23)20(27)15-4-2-14(3-5-15)19(22)26/h2-7,12H,8-11H2,1H3,(H2,22,26). The Hall–Kier alpha value is -3.22. The number of hydrogen-bond acceptors (Lipinski definition) is 4. The van der Waals surface area contributed by atoms with Gasteiger partial charge in [0, 0.05) is 42.9 Å². The van der Waals surface area contributed by atoms with Crippen molar-refractivity contribution in [3.05, 3.63) is 65.0 Å². The second-order valence-electron chi connectivity index (χ2n) is 6.44. The van der Waals surface area contributed by atoms with Crippen LogP contribution in [-0.2, 0) is 0 Å². The first-order valence-corrected chi connectivity index (χ1v) is 8.61. The quantitative estimate of drug-likeness (QED) is 0.837. The number of ketones is 1. The van der Waals surface area contributed by atoms with Gasteiger partial charge in [0.15, 0.2) is 5.78 Å². The maximum absolute atomic E-state index is 14.3. The van der Waals surface area contributed by atoms with Crippen LogP contribution in [0.25, 0.3) is 0 Å². The lowest BCUT2D eigenvalue weighted by Crippen LogP contribution is -2.49. The molecule has 0 aliphatic carbocycles. The molecule has 2 aromatic rings. The van der Waals surface area contributed by atoms with E-state index in [-0.39, 0.29) is 11.7 Å². The molecule has 140 valence electrons. The third kappa shape index (κ3) is 3.97. The first-order chi connectivity index (χ1) is 12.9. The fraction of sp³-hybridized carbons (Fsp3) is 0.250. The molecule has 0 atom stereocenters. The van der Waals surface area contributed by atoms with Crippen LogP contribution in [-0.4, -0.2) is 48.7 Å². The van der Waals surface area contributed by atoms with Gasteiger partial charge in [0.25, 0.3) is 5.91 Å². The molecule has 1 heterocycles. The number of anilines is 1. The van der Waals surface area contributed by atoms with Gasteiger partial charge in [0.2, 0.25) is 5.91 Å². The van der Waals surface area contributed by atoms with Gasteiger partial charge in [-0.15, -0.1) is 0 Å². The molecule has 2 amide bonds. The van der Waals surface area contributed by atoms with Crippen molar-refractivity contribution < 1.29 is 18.8 Å². The minimum atomic E-state index is -0.541. The van der Waals surface area contributed by atoms with E-state index in [2.05, 4.69) is 0 Å². The molecule has 3 rings (SSSR count). The smallest absolute Gasteiger partial charge is 0.253 e. The van der Waals surface area contributed by atoms with Crippen molar-refractivity contribution in [2.24, 2.45) is 5.73 Å². The molecule has 1 saturated heterocycles. The summed E-state index contributed by atoms with van der Waals surface area (Å²) in [7, 11) is 0. The minimum absolute atomic E-state index is 0.141. The molecule has 1 aliphatic heterocycles. The van der Waals surface area contributed by atoms with Gasteiger partial charge in [0.1, 0.15) is 5.82 Å². The zero-order valence-electron chi connectivity index (χ0n) is 14.9. The number of carbonyl (C=O) groups excluding carboxylic acids is 3. The zero-order valence-corrected chi connectivity index (χ0v) is 14.9. The zero-order chi connectivity index (χ0) is 19.6. The van der Waals surface area contributed by atoms with Gasteiger partial charge in [-0.3, -0.25) is 14.4 Å². The number of benzene rings is 2. The van der Waals surface area contributed by atoms with Crippen molar-refractivity contribution in [1.29, 1.82) is 0 Å². The van der Waals surface area contributed by atoms with E-state index in [1.165, 1.54) is 25.1 Å². The number of rotatable bonds is 4. The Kier molecular flexibility index (Phi) is 5.21. The molecule has 7 heteroatoms.